The molecule has 0 aliphatic carbocycles. The summed E-state index contributed by atoms with van der Waals surface area (Å²) in [5.41, 5.74) is 2.14. The van der Waals surface area contributed by atoms with Crippen LogP contribution >= 0.6 is 0 Å². The second kappa shape index (κ2) is 9.32. The van der Waals surface area contributed by atoms with Gasteiger partial charge >= 0.3 is 0 Å². The molecule has 0 bridgehead atoms. The molecule has 148 valence electrons. The van der Waals surface area contributed by atoms with Gasteiger partial charge < -0.3 is 4.74 Å². The average Bonchev–Trinajstić information content (AvgIpc) is 2.71. The minimum atomic E-state index is -3.56. The van der Waals surface area contributed by atoms with Crippen molar-refractivity contribution in [2.24, 2.45) is 5.92 Å². The zero-order valence-corrected chi connectivity index (χ0v) is 17.0. The second-order valence-electron chi connectivity index (χ2n) is 7.14. The summed E-state index contributed by atoms with van der Waals surface area (Å²) in [6.07, 6.45) is 6.48. The quantitative estimate of drug-likeness (QED) is 0.655. The summed E-state index contributed by atoms with van der Waals surface area (Å²) in [4.78, 5) is 0.327. The van der Waals surface area contributed by atoms with Crippen LogP contribution in [-0.4, -0.2) is 38.5 Å². The molecule has 0 radical (unpaired) electrons. The molecule has 3 rings (SSSR count). The van der Waals surface area contributed by atoms with Gasteiger partial charge in [0.05, 0.1) is 17.6 Å². The van der Waals surface area contributed by atoms with E-state index in [0.29, 0.717) is 24.6 Å². The molecule has 0 N–H and O–H groups in total. The van der Waals surface area contributed by atoms with Crippen LogP contribution in [0.25, 0.3) is 6.08 Å². The Balaban J connectivity index is 1.81. The average molecular weight is 398 g/mol. The number of hydrogen-bond acceptors (Lipinski definition) is 3. The topological polar surface area (TPSA) is 46.6 Å². The van der Waals surface area contributed by atoms with Crippen molar-refractivity contribution >= 4 is 16.1 Å². The molecule has 28 heavy (non-hydrogen) atoms. The Kier molecular flexibility index (Phi) is 6.83. The number of sulfonamides is 1. The van der Waals surface area contributed by atoms with E-state index in [1.54, 1.807) is 22.5 Å². The third kappa shape index (κ3) is 5.19. The number of hydrogen-bond donors (Lipinski definition) is 0. The molecule has 1 heterocycles. The molecule has 0 amide bonds. The van der Waals surface area contributed by atoms with Gasteiger partial charge in [0.1, 0.15) is 0 Å². The van der Waals surface area contributed by atoms with Gasteiger partial charge in [-0.1, -0.05) is 66.3 Å². The molecule has 2 aromatic rings. The van der Waals surface area contributed by atoms with Crippen LogP contribution in [0.1, 0.15) is 17.5 Å². The normalized spacial score (nSPS) is 21.0. The molecule has 1 aliphatic rings. The summed E-state index contributed by atoms with van der Waals surface area (Å²) < 4.78 is 33.7. The summed E-state index contributed by atoms with van der Waals surface area (Å²) in [7, 11) is -3.56. The van der Waals surface area contributed by atoms with Gasteiger partial charge in [-0.2, -0.15) is 4.31 Å². The summed E-state index contributed by atoms with van der Waals surface area (Å²) >= 11 is 0. The van der Waals surface area contributed by atoms with Crippen LogP contribution in [0.3, 0.4) is 0 Å². The highest BCUT2D eigenvalue weighted by atomic mass is 32.2. The third-order valence-electron chi connectivity index (χ3n) is 4.88. The molecule has 5 heteroatoms. The molecule has 0 saturated carbocycles. The van der Waals surface area contributed by atoms with Crippen LogP contribution < -0.4 is 0 Å². The van der Waals surface area contributed by atoms with Crippen molar-refractivity contribution in [3.63, 3.8) is 0 Å². The first-order valence-electron chi connectivity index (χ1n) is 9.51. The van der Waals surface area contributed by atoms with Gasteiger partial charge in [-0.25, -0.2) is 8.42 Å². The second-order valence-corrected chi connectivity index (χ2v) is 9.08. The van der Waals surface area contributed by atoms with Crippen molar-refractivity contribution < 1.29 is 13.2 Å². The number of benzene rings is 2. The highest BCUT2D eigenvalue weighted by molar-refractivity contribution is 7.89. The monoisotopic (exact) mass is 397 g/mol. The van der Waals surface area contributed by atoms with E-state index in [1.165, 1.54) is 0 Å². The van der Waals surface area contributed by atoms with Gasteiger partial charge in [-0.15, -0.1) is 6.58 Å². The predicted octanol–water partition coefficient (Wildman–Crippen LogP) is 4.29. The largest absolute Gasteiger partial charge is 0.373 e. The fraction of sp³-hybridized carbons (Fsp3) is 0.304. The highest BCUT2D eigenvalue weighted by Crippen LogP contribution is 2.27. The summed E-state index contributed by atoms with van der Waals surface area (Å²) in [6, 6.07) is 17.0. The number of rotatable bonds is 7. The molecule has 0 aromatic heterocycles. The molecule has 2 aromatic carbocycles. The Hall–Kier alpha value is -2.21. The Morgan fingerprint density at radius 1 is 1.11 bits per heavy atom. The number of nitrogens with zero attached hydrogens (tertiary/aromatic N) is 1. The van der Waals surface area contributed by atoms with Crippen molar-refractivity contribution in [2.45, 2.75) is 24.3 Å². The molecule has 2 atom stereocenters. The van der Waals surface area contributed by atoms with Crippen LogP contribution in [0.4, 0.5) is 0 Å². The lowest BCUT2D eigenvalue weighted by Crippen LogP contribution is -2.46. The first kappa shape index (κ1) is 20.5. The van der Waals surface area contributed by atoms with Gasteiger partial charge in [0, 0.05) is 13.1 Å². The summed E-state index contributed by atoms with van der Waals surface area (Å²) in [5, 5.41) is 0. The van der Waals surface area contributed by atoms with E-state index < -0.39 is 10.0 Å². The molecule has 1 fully saturated rings. The van der Waals surface area contributed by atoms with Crippen molar-refractivity contribution in [1.82, 2.24) is 4.31 Å². The lowest BCUT2D eigenvalue weighted by molar-refractivity contribution is 0.0237. The highest BCUT2D eigenvalue weighted by Gasteiger charge is 2.34. The van der Waals surface area contributed by atoms with Crippen molar-refractivity contribution in [3.05, 3.63) is 84.5 Å². The van der Waals surface area contributed by atoms with Gasteiger partial charge in [-0.05, 0) is 37.0 Å². The van der Waals surface area contributed by atoms with E-state index in [0.717, 1.165) is 17.5 Å². The zero-order valence-electron chi connectivity index (χ0n) is 16.2. The number of ether oxygens (including phenoxy) is 1. The Bertz CT molecular complexity index is 905. The Morgan fingerprint density at radius 2 is 1.82 bits per heavy atom. The maximum atomic E-state index is 13.2. The minimum absolute atomic E-state index is 0.0870. The number of piperidine rings is 1. The molecular weight excluding hydrogens is 370 g/mol. The maximum Gasteiger partial charge on any atom is 0.243 e. The maximum absolute atomic E-state index is 13.2. The van der Waals surface area contributed by atoms with Gasteiger partial charge in [0.2, 0.25) is 10.0 Å². The molecule has 1 aliphatic heterocycles. The SMILES string of the molecule is C=CCO[C@@H]1C[C@H](/C=C/c2ccccc2)CN(S(=O)(=O)c2ccc(C)cc2)C1. The van der Waals surface area contributed by atoms with E-state index in [-0.39, 0.29) is 12.0 Å². The predicted molar refractivity (Wildman–Crippen MR) is 113 cm³/mol. The first-order chi connectivity index (χ1) is 13.5. The number of aryl methyl sites for hydroxylation is 1. The van der Waals surface area contributed by atoms with Crippen LogP contribution in [0.15, 0.2) is 78.2 Å². The van der Waals surface area contributed by atoms with Crippen LogP contribution in [0, 0.1) is 12.8 Å². The minimum Gasteiger partial charge on any atom is -0.373 e. The fourth-order valence-corrected chi connectivity index (χ4v) is 4.91. The standard InChI is InChI=1S/C23H27NO3S/c1-3-15-27-22-16-21(12-11-20-7-5-4-6-8-20)17-24(18-22)28(25,26)23-13-9-19(2)10-14-23/h3-14,21-22H,1,15-18H2,2H3/b12-11+/t21-,22+/m0/s1. The summed E-state index contributed by atoms with van der Waals surface area (Å²) in [5.74, 6) is 0.0870. The van der Waals surface area contributed by atoms with E-state index in [9.17, 15) is 8.42 Å². The van der Waals surface area contributed by atoms with Gasteiger partial charge in [0.15, 0.2) is 0 Å². The lowest BCUT2D eigenvalue weighted by Gasteiger charge is -2.35. The molecule has 0 spiro atoms. The third-order valence-corrected chi connectivity index (χ3v) is 6.73. The smallest absolute Gasteiger partial charge is 0.243 e. The van der Waals surface area contributed by atoms with E-state index >= 15 is 0 Å². The van der Waals surface area contributed by atoms with E-state index in [1.807, 2.05) is 49.4 Å². The van der Waals surface area contributed by atoms with Crippen LogP contribution in [0.2, 0.25) is 0 Å². The summed E-state index contributed by atoms with van der Waals surface area (Å²) in [6.45, 7) is 6.87. The molecule has 1 saturated heterocycles. The van der Waals surface area contributed by atoms with Crippen molar-refractivity contribution in [3.8, 4) is 0 Å². The Morgan fingerprint density at radius 3 is 2.50 bits per heavy atom. The fourth-order valence-electron chi connectivity index (χ4n) is 3.38. The van der Waals surface area contributed by atoms with E-state index in [2.05, 4.69) is 18.7 Å². The van der Waals surface area contributed by atoms with Gasteiger partial charge in [-0.3, -0.25) is 0 Å². The van der Waals surface area contributed by atoms with E-state index in [4.69, 9.17) is 4.74 Å². The first-order valence-corrected chi connectivity index (χ1v) is 11.0. The lowest BCUT2D eigenvalue weighted by atomic mass is 9.96. The van der Waals surface area contributed by atoms with Gasteiger partial charge in [0.25, 0.3) is 0 Å². The van der Waals surface area contributed by atoms with Crippen LogP contribution in [0.5, 0.6) is 0 Å². The molecule has 0 unspecified atom stereocenters. The molecule has 4 nitrogen and oxygen atoms in total. The Labute approximate surface area is 168 Å². The van der Waals surface area contributed by atoms with Crippen LogP contribution in [-0.2, 0) is 14.8 Å². The zero-order chi connectivity index (χ0) is 20.0. The molecular formula is C23H27NO3S. The van der Waals surface area contributed by atoms with Crippen molar-refractivity contribution in [1.29, 1.82) is 0 Å². The van der Waals surface area contributed by atoms with Crippen molar-refractivity contribution in [2.75, 3.05) is 19.7 Å².